The predicted octanol–water partition coefficient (Wildman–Crippen LogP) is 1.35. The van der Waals surface area contributed by atoms with Crippen molar-refractivity contribution in [2.75, 3.05) is 0 Å². The molecule has 0 amide bonds. The van der Waals surface area contributed by atoms with Gasteiger partial charge in [0, 0.05) is 12.4 Å². The van der Waals surface area contributed by atoms with Crippen molar-refractivity contribution < 1.29 is 0 Å². The van der Waals surface area contributed by atoms with Gasteiger partial charge in [-0.15, -0.1) is 0 Å². The first kappa shape index (κ1) is 10.7. The summed E-state index contributed by atoms with van der Waals surface area (Å²) in [5.41, 5.74) is 1.92. The summed E-state index contributed by atoms with van der Waals surface area (Å²) in [7, 11) is 0. The van der Waals surface area contributed by atoms with Crippen LogP contribution in [-0.2, 0) is 13.1 Å². The van der Waals surface area contributed by atoms with Crippen LogP contribution in [0.25, 0.3) is 0 Å². The Morgan fingerprint density at radius 3 is 1.75 bits per heavy atom. The second-order valence-electron chi connectivity index (χ2n) is 3.55. The van der Waals surface area contributed by atoms with Gasteiger partial charge in [-0.25, -0.2) is 5.01 Å². The monoisotopic (exact) mass is 214 g/mol. The van der Waals surface area contributed by atoms with Crippen molar-refractivity contribution in [3.63, 3.8) is 0 Å². The van der Waals surface area contributed by atoms with Gasteiger partial charge in [0.1, 0.15) is 0 Å². The smallest absolute Gasteiger partial charge is 0.0558 e. The molecule has 0 aliphatic carbocycles. The number of aromatic nitrogens is 2. The maximum absolute atomic E-state index is 5.89. The Morgan fingerprint density at radius 2 is 1.38 bits per heavy atom. The van der Waals surface area contributed by atoms with Crippen LogP contribution in [0.3, 0.4) is 0 Å². The van der Waals surface area contributed by atoms with E-state index in [0.717, 1.165) is 11.4 Å². The molecule has 0 aliphatic heterocycles. The van der Waals surface area contributed by atoms with Crippen molar-refractivity contribution in [2.45, 2.75) is 13.1 Å². The van der Waals surface area contributed by atoms with E-state index in [4.69, 9.17) is 5.84 Å². The van der Waals surface area contributed by atoms with Gasteiger partial charge in [0.25, 0.3) is 0 Å². The highest BCUT2D eigenvalue weighted by Gasteiger charge is 2.02. The van der Waals surface area contributed by atoms with Gasteiger partial charge in [0.2, 0.25) is 0 Å². The Kier molecular flexibility index (Phi) is 3.58. The molecule has 0 radical (unpaired) electrons. The van der Waals surface area contributed by atoms with Gasteiger partial charge in [-0.05, 0) is 24.3 Å². The van der Waals surface area contributed by atoms with E-state index in [-0.39, 0.29) is 0 Å². The fourth-order valence-electron chi connectivity index (χ4n) is 1.46. The molecule has 0 saturated carbocycles. The maximum atomic E-state index is 5.89. The van der Waals surface area contributed by atoms with E-state index in [9.17, 15) is 0 Å². The lowest BCUT2D eigenvalue weighted by atomic mass is 10.3. The van der Waals surface area contributed by atoms with Crippen molar-refractivity contribution in [1.82, 2.24) is 15.0 Å². The molecule has 2 aromatic rings. The standard InChI is InChI=1S/C12H14N4/c13-16(9-11-5-1-3-7-14-11)10-12-6-2-4-8-15-12/h1-8H,9-10,13H2. The Bertz CT molecular complexity index is 374. The molecule has 0 saturated heterocycles. The first-order valence-corrected chi connectivity index (χ1v) is 5.14. The lowest BCUT2D eigenvalue weighted by Crippen LogP contribution is -2.30. The highest BCUT2D eigenvalue weighted by atomic mass is 15.4. The summed E-state index contributed by atoms with van der Waals surface area (Å²) in [5, 5.41) is 1.70. The molecule has 0 aromatic carbocycles. The predicted molar refractivity (Wildman–Crippen MR) is 61.9 cm³/mol. The quantitative estimate of drug-likeness (QED) is 0.616. The zero-order valence-corrected chi connectivity index (χ0v) is 8.95. The highest BCUT2D eigenvalue weighted by molar-refractivity contribution is 5.05. The zero-order chi connectivity index (χ0) is 11.2. The van der Waals surface area contributed by atoms with E-state index >= 15 is 0 Å². The van der Waals surface area contributed by atoms with Gasteiger partial charge in [-0.1, -0.05) is 12.1 Å². The molecule has 0 aliphatic rings. The molecular formula is C12H14N4. The van der Waals surface area contributed by atoms with E-state index in [2.05, 4.69) is 9.97 Å². The molecular weight excluding hydrogens is 200 g/mol. The lowest BCUT2D eigenvalue weighted by Gasteiger charge is -2.14. The first-order chi connectivity index (χ1) is 7.84. The minimum atomic E-state index is 0.622. The van der Waals surface area contributed by atoms with Gasteiger partial charge in [-0.2, -0.15) is 0 Å². The minimum absolute atomic E-state index is 0.622. The Morgan fingerprint density at radius 1 is 0.875 bits per heavy atom. The molecule has 0 atom stereocenters. The Balaban J connectivity index is 1.92. The van der Waals surface area contributed by atoms with Crippen LogP contribution in [0.4, 0.5) is 0 Å². The van der Waals surface area contributed by atoms with Crippen LogP contribution in [0.2, 0.25) is 0 Å². The van der Waals surface area contributed by atoms with Crippen LogP contribution < -0.4 is 5.84 Å². The summed E-state index contributed by atoms with van der Waals surface area (Å²) >= 11 is 0. The molecule has 2 aromatic heterocycles. The Labute approximate surface area is 94.7 Å². The average Bonchev–Trinajstić information content (AvgIpc) is 2.31. The number of hydrogen-bond donors (Lipinski definition) is 1. The van der Waals surface area contributed by atoms with E-state index in [1.165, 1.54) is 0 Å². The minimum Gasteiger partial charge on any atom is -0.268 e. The normalized spacial score (nSPS) is 10.6. The topological polar surface area (TPSA) is 55.0 Å². The fraction of sp³-hybridized carbons (Fsp3) is 0.167. The van der Waals surface area contributed by atoms with Gasteiger partial charge >= 0.3 is 0 Å². The van der Waals surface area contributed by atoms with Gasteiger partial charge in [0.15, 0.2) is 0 Å². The molecule has 2 heterocycles. The molecule has 4 heteroatoms. The van der Waals surface area contributed by atoms with Crippen molar-refractivity contribution in [3.8, 4) is 0 Å². The van der Waals surface area contributed by atoms with Crippen molar-refractivity contribution >= 4 is 0 Å². The van der Waals surface area contributed by atoms with Crippen LogP contribution in [-0.4, -0.2) is 15.0 Å². The van der Waals surface area contributed by atoms with E-state index in [0.29, 0.717) is 13.1 Å². The average molecular weight is 214 g/mol. The molecule has 0 unspecified atom stereocenters. The summed E-state index contributed by atoms with van der Waals surface area (Å²) in [5.74, 6) is 5.89. The summed E-state index contributed by atoms with van der Waals surface area (Å²) in [6, 6.07) is 11.6. The van der Waals surface area contributed by atoms with Crippen LogP contribution in [0, 0.1) is 0 Å². The van der Waals surface area contributed by atoms with Crippen LogP contribution in [0.15, 0.2) is 48.8 Å². The summed E-state index contributed by atoms with van der Waals surface area (Å²) < 4.78 is 0. The summed E-state index contributed by atoms with van der Waals surface area (Å²) in [4.78, 5) is 8.44. The Hall–Kier alpha value is -1.78. The van der Waals surface area contributed by atoms with Gasteiger partial charge in [0.05, 0.1) is 24.5 Å². The number of pyridine rings is 2. The maximum Gasteiger partial charge on any atom is 0.0558 e. The van der Waals surface area contributed by atoms with Gasteiger partial charge in [-0.3, -0.25) is 15.8 Å². The van der Waals surface area contributed by atoms with E-state index < -0.39 is 0 Å². The van der Waals surface area contributed by atoms with E-state index in [1.807, 2.05) is 36.4 Å². The molecule has 16 heavy (non-hydrogen) atoms. The third-order valence-corrected chi connectivity index (χ3v) is 2.18. The molecule has 4 nitrogen and oxygen atoms in total. The number of hydrogen-bond acceptors (Lipinski definition) is 4. The first-order valence-electron chi connectivity index (χ1n) is 5.14. The molecule has 0 fully saturated rings. The third kappa shape index (κ3) is 3.12. The summed E-state index contributed by atoms with van der Waals surface area (Å²) in [6.45, 7) is 1.24. The summed E-state index contributed by atoms with van der Waals surface area (Å²) in [6.07, 6.45) is 3.54. The molecule has 82 valence electrons. The largest absolute Gasteiger partial charge is 0.268 e. The van der Waals surface area contributed by atoms with Crippen LogP contribution >= 0.6 is 0 Å². The number of nitrogens with two attached hydrogens (primary N) is 1. The second-order valence-corrected chi connectivity index (χ2v) is 3.55. The fourth-order valence-corrected chi connectivity index (χ4v) is 1.46. The van der Waals surface area contributed by atoms with Crippen molar-refractivity contribution in [2.24, 2.45) is 5.84 Å². The molecule has 0 spiro atoms. The third-order valence-electron chi connectivity index (χ3n) is 2.18. The second kappa shape index (κ2) is 5.34. The number of nitrogens with zero attached hydrogens (tertiary/aromatic N) is 3. The molecule has 2 N–H and O–H groups in total. The lowest BCUT2D eigenvalue weighted by molar-refractivity contribution is 0.259. The van der Waals surface area contributed by atoms with E-state index in [1.54, 1.807) is 17.4 Å². The number of rotatable bonds is 4. The van der Waals surface area contributed by atoms with Crippen LogP contribution in [0.5, 0.6) is 0 Å². The molecule has 2 rings (SSSR count). The van der Waals surface area contributed by atoms with Gasteiger partial charge < -0.3 is 0 Å². The highest BCUT2D eigenvalue weighted by Crippen LogP contribution is 2.01. The zero-order valence-electron chi connectivity index (χ0n) is 8.95. The van der Waals surface area contributed by atoms with Crippen LogP contribution in [0.1, 0.15) is 11.4 Å². The van der Waals surface area contributed by atoms with Crippen molar-refractivity contribution in [3.05, 3.63) is 60.2 Å². The van der Waals surface area contributed by atoms with Crippen molar-refractivity contribution in [1.29, 1.82) is 0 Å². The number of hydrazine groups is 1. The molecule has 0 bridgehead atoms. The SMILES string of the molecule is NN(Cc1ccccn1)Cc1ccccn1.